The van der Waals surface area contributed by atoms with E-state index in [2.05, 4.69) is 0 Å². The average Bonchev–Trinajstić information content (AvgIpc) is 2.20. The molecule has 0 fully saturated rings. The summed E-state index contributed by atoms with van der Waals surface area (Å²) in [6.45, 7) is 2.91. The summed E-state index contributed by atoms with van der Waals surface area (Å²) < 4.78 is 1.40. The molecule has 0 radical (unpaired) electrons. The molecule has 6 heteroatoms. The molecule has 0 saturated carbocycles. The van der Waals surface area contributed by atoms with Gasteiger partial charge in [-0.25, -0.2) is 0 Å². The Hall–Kier alpha value is -1.69. The van der Waals surface area contributed by atoms with Crippen molar-refractivity contribution in [1.29, 1.82) is 0 Å². The highest BCUT2D eigenvalue weighted by Crippen LogP contribution is 2.14. The van der Waals surface area contributed by atoms with Crippen LogP contribution in [0.5, 0.6) is 0 Å². The zero-order valence-electron chi connectivity index (χ0n) is 10.3. The zero-order chi connectivity index (χ0) is 13.0. The van der Waals surface area contributed by atoms with Gasteiger partial charge >= 0.3 is 0 Å². The SMILES string of the molecule is Cc1cc(=O)n(CCCN(C)C)cc1[N+](=O)[O-]. The van der Waals surface area contributed by atoms with Crippen molar-refractivity contribution in [3.63, 3.8) is 0 Å². The molecule has 1 aromatic rings. The van der Waals surface area contributed by atoms with Gasteiger partial charge in [0.2, 0.25) is 0 Å². The van der Waals surface area contributed by atoms with Gasteiger partial charge in [-0.2, -0.15) is 0 Å². The first-order chi connectivity index (χ1) is 7.91. The Morgan fingerprint density at radius 3 is 2.65 bits per heavy atom. The molecule has 0 N–H and O–H groups in total. The summed E-state index contributed by atoms with van der Waals surface area (Å²) in [6.07, 6.45) is 2.11. The van der Waals surface area contributed by atoms with Crippen molar-refractivity contribution in [2.75, 3.05) is 20.6 Å². The van der Waals surface area contributed by atoms with Crippen LogP contribution in [0.25, 0.3) is 0 Å². The lowest BCUT2D eigenvalue weighted by Crippen LogP contribution is -2.22. The van der Waals surface area contributed by atoms with Crippen molar-refractivity contribution in [1.82, 2.24) is 9.47 Å². The van der Waals surface area contributed by atoms with E-state index in [1.54, 1.807) is 6.92 Å². The third-order valence-corrected chi connectivity index (χ3v) is 2.51. The normalized spacial score (nSPS) is 10.8. The van der Waals surface area contributed by atoms with Crippen molar-refractivity contribution >= 4 is 5.69 Å². The molecule has 17 heavy (non-hydrogen) atoms. The maximum Gasteiger partial charge on any atom is 0.288 e. The Labute approximate surface area is 99.6 Å². The highest BCUT2D eigenvalue weighted by molar-refractivity contribution is 5.35. The van der Waals surface area contributed by atoms with Crippen LogP contribution < -0.4 is 5.56 Å². The summed E-state index contributed by atoms with van der Waals surface area (Å²) >= 11 is 0. The van der Waals surface area contributed by atoms with E-state index in [0.29, 0.717) is 12.1 Å². The lowest BCUT2D eigenvalue weighted by atomic mass is 10.2. The molecular weight excluding hydrogens is 222 g/mol. The second-order valence-corrected chi connectivity index (χ2v) is 4.29. The van der Waals surface area contributed by atoms with Gasteiger partial charge in [-0.3, -0.25) is 14.9 Å². The fraction of sp³-hybridized carbons (Fsp3) is 0.545. The largest absolute Gasteiger partial charge is 0.309 e. The Kier molecular flexibility index (Phi) is 4.39. The molecule has 0 unspecified atom stereocenters. The molecule has 0 aromatic carbocycles. The predicted octanol–water partition coefficient (Wildman–Crippen LogP) is 1.02. The van der Waals surface area contributed by atoms with Crippen LogP contribution in [0.4, 0.5) is 5.69 Å². The minimum Gasteiger partial charge on any atom is -0.309 e. The van der Waals surface area contributed by atoms with Crippen molar-refractivity contribution in [2.45, 2.75) is 19.9 Å². The van der Waals surface area contributed by atoms with Crippen molar-refractivity contribution in [3.05, 3.63) is 38.3 Å². The van der Waals surface area contributed by atoms with Crippen molar-refractivity contribution < 1.29 is 4.92 Å². The Bertz CT molecular complexity index is 466. The number of nitrogens with zero attached hydrogens (tertiary/aromatic N) is 3. The molecule has 0 aliphatic carbocycles. The van der Waals surface area contributed by atoms with E-state index in [9.17, 15) is 14.9 Å². The molecule has 0 aliphatic heterocycles. The molecule has 1 rings (SSSR count). The summed E-state index contributed by atoms with van der Waals surface area (Å²) in [7, 11) is 3.89. The van der Waals surface area contributed by atoms with Gasteiger partial charge < -0.3 is 9.47 Å². The van der Waals surface area contributed by atoms with Gasteiger partial charge in [0, 0.05) is 18.2 Å². The number of aromatic nitrogens is 1. The molecule has 0 bridgehead atoms. The van der Waals surface area contributed by atoms with E-state index in [-0.39, 0.29) is 11.2 Å². The van der Waals surface area contributed by atoms with Gasteiger partial charge in [0.1, 0.15) is 0 Å². The van der Waals surface area contributed by atoms with Crippen molar-refractivity contribution in [2.24, 2.45) is 0 Å². The fourth-order valence-electron chi connectivity index (χ4n) is 1.58. The molecule has 0 aliphatic rings. The van der Waals surface area contributed by atoms with Crippen LogP contribution >= 0.6 is 0 Å². The van der Waals surface area contributed by atoms with Crippen LogP contribution in [0, 0.1) is 17.0 Å². The van der Waals surface area contributed by atoms with Crippen LogP contribution in [0.15, 0.2) is 17.1 Å². The van der Waals surface area contributed by atoms with Crippen LogP contribution in [0.1, 0.15) is 12.0 Å². The monoisotopic (exact) mass is 239 g/mol. The lowest BCUT2D eigenvalue weighted by molar-refractivity contribution is -0.385. The number of nitro groups is 1. The fourth-order valence-corrected chi connectivity index (χ4v) is 1.58. The highest BCUT2D eigenvalue weighted by Gasteiger charge is 2.12. The van der Waals surface area contributed by atoms with Crippen LogP contribution in [-0.4, -0.2) is 35.0 Å². The van der Waals surface area contributed by atoms with Gasteiger partial charge in [-0.05, 0) is 34.0 Å². The first-order valence-corrected chi connectivity index (χ1v) is 5.42. The Balaban J connectivity index is 2.89. The number of hydrogen-bond donors (Lipinski definition) is 0. The topological polar surface area (TPSA) is 68.4 Å². The minimum absolute atomic E-state index is 0.00514. The standard InChI is InChI=1S/C11H17N3O3/c1-9-7-11(15)13(6-4-5-12(2)3)8-10(9)14(16)17/h7-8H,4-6H2,1-3H3. The minimum atomic E-state index is -0.461. The van der Waals surface area contributed by atoms with Gasteiger partial charge in [0.25, 0.3) is 11.2 Å². The predicted molar refractivity (Wildman–Crippen MR) is 65.3 cm³/mol. The van der Waals surface area contributed by atoms with Crippen LogP contribution in [-0.2, 0) is 6.54 Å². The van der Waals surface area contributed by atoms with Gasteiger partial charge in [0.15, 0.2) is 0 Å². The highest BCUT2D eigenvalue weighted by atomic mass is 16.6. The van der Waals surface area contributed by atoms with Crippen molar-refractivity contribution in [3.8, 4) is 0 Å². The molecule has 0 amide bonds. The summed E-state index contributed by atoms with van der Waals surface area (Å²) in [5.41, 5.74) is 0.213. The summed E-state index contributed by atoms with van der Waals surface area (Å²) in [6, 6.07) is 1.31. The summed E-state index contributed by atoms with van der Waals surface area (Å²) in [5.74, 6) is 0. The summed E-state index contributed by atoms with van der Waals surface area (Å²) in [4.78, 5) is 23.9. The molecular formula is C11H17N3O3. The zero-order valence-corrected chi connectivity index (χ0v) is 10.3. The number of pyridine rings is 1. The smallest absolute Gasteiger partial charge is 0.288 e. The van der Waals surface area contributed by atoms with E-state index in [1.165, 1.54) is 16.8 Å². The Morgan fingerprint density at radius 1 is 1.47 bits per heavy atom. The van der Waals surface area contributed by atoms with Gasteiger partial charge in [0.05, 0.1) is 11.1 Å². The number of aryl methyl sites for hydroxylation is 2. The molecule has 1 aromatic heterocycles. The molecule has 0 atom stereocenters. The molecule has 0 spiro atoms. The van der Waals surface area contributed by atoms with Crippen LogP contribution in [0.2, 0.25) is 0 Å². The quantitative estimate of drug-likeness (QED) is 0.568. The first kappa shape index (κ1) is 13.4. The van der Waals surface area contributed by atoms with Gasteiger partial charge in [-0.1, -0.05) is 0 Å². The summed E-state index contributed by atoms with van der Waals surface area (Å²) in [5, 5.41) is 10.7. The second-order valence-electron chi connectivity index (χ2n) is 4.29. The molecule has 1 heterocycles. The maximum absolute atomic E-state index is 11.6. The Morgan fingerprint density at radius 2 is 2.12 bits per heavy atom. The third-order valence-electron chi connectivity index (χ3n) is 2.51. The second kappa shape index (κ2) is 5.58. The molecule has 0 saturated heterocycles. The van der Waals surface area contributed by atoms with E-state index in [1.807, 2.05) is 19.0 Å². The molecule has 94 valence electrons. The van der Waals surface area contributed by atoms with E-state index in [4.69, 9.17) is 0 Å². The maximum atomic E-state index is 11.6. The first-order valence-electron chi connectivity index (χ1n) is 5.42. The molecule has 6 nitrogen and oxygen atoms in total. The van der Waals surface area contributed by atoms with Gasteiger partial charge in [-0.15, -0.1) is 0 Å². The van der Waals surface area contributed by atoms with E-state index < -0.39 is 4.92 Å². The van der Waals surface area contributed by atoms with E-state index in [0.717, 1.165) is 13.0 Å². The third kappa shape index (κ3) is 3.67. The van der Waals surface area contributed by atoms with Crippen LogP contribution in [0.3, 0.4) is 0 Å². The average molecular weight is 239 g/mol. The number of rotatable bonds is 5. The lowest BCUT2D eigenvalue weighted by Gasteiger charge is -2.10. The van der Waals surface area contributed by atoms with E-state index >= 15 is 0 Å². The number of hydrogen-bond acceptors (Lipinski definition) is 4.